The molecule has 0 saturated carbocycles. The van der Waals surface area contributed by atoms with E-state index < -0.39 is 0 Å². The molecule has 1 aromatic heterocycles. The Morgan fingerprint density at radius 3 is 2.71 bits per heavy atom. The molecule has 2 N–H and O–H groups in total. The van der Waals surface area contributed by atoms with Crippen LogP contribution in [0.5, 0.6) is 0 Å². The molecule has 1 heterocycles. The van der Waals surface area contributed by atoms with Crippen LogP contribution >= 0.6 is 0 Å². The molecular weight excluding hydrogens is 208 g/mol. The molecular formula is C15H22N2. The van der Waals surface area contributed by atoms with Gasteiger partial charge in [0.1, 0.15) is 0 Å². The summed E-state index contributed by atoms with van der Waals surface area (Å²) in [4.78, 5) is 0. The first-order valence-electron chi connectivity index (χ1n) is 6.49. The van der Waals surface area contributed by atoms with E-state index in [-0.39, 0.29) is 0 Å². The minimum absolute atomic E-state index is 0.621. The third-order valence-electron chi connectivity index (χ3n) is 3.27. The first-order chi connectivity index (χ1) is 8.22. The zero-order valence-electron chi connectivity index (χ0n) is 10.8. The number of nitrogens with two attached hydrogens (primary N) is 1. The van der Waals surface area contributed by atoms with Gasteiger partial charge in [-0.25, -0.2) is 0 Å². The summed E-state index contributed by atoms with van der Waals surface area (Å²) in [6.07, 6.45) is 2.50. The molecule has 0 amide bonds. The molecule has 17 heavy (non-hydrogen) atoms. The van der Waals surface area contributed by atoms with Gasteiger partial charge in [0, 0.05) is 24.3 Å². The molecule has 0 fully saturated rings. The number of rotatable bonds is 5. The molecule has 1 aromatic carbocycles. The molecule has 0 spiro atoms. The second kappa shape index (κ2) is 5.37. The number of nitrogens with zero attached hydrogens (tertiary/aromatic N) is 1. The van der Waals surface area contributed by atoms with Crippen LogP contribution in [0.4, 0.5) is 0 Å². The second-order valence-electron chi connectivity index (χ2n) is 5.09. The molecule has 0 bridgehead atoms. The Bertz CT molecular complexity index is 483. The van der Waals surface area contributed by atoms with E-state index in [9.17, 15) is 0 Å². The summed E-state index contributed by atoms with van der Waals surface area (Å²) >= 11 is 0. The highest BCUT2D eigenvalue weighted by Crippen LogP contribution is 2.20. The van der Waals surface area contributed by atoms with Gasteiger partial charge < -0.3 is 10.3 Å². The maximum absolute atomic E-state index is 5.83. The van der Waals surface area contributed by atoms with Crippen LogP contribution in [0.15, 0.2) is 30.3 Å². The van der Waals surface area contributed by atoms with Crippen LogP contribution in [-0.2, 0) is 13.1 Å². The van der Waals surface area contributed by atoms with Crippen LogP contribution < -0.4 is 5.73 Å². The summed E-state index contributed by atoms with van der Waals surface area (Å²) in [5, 5.41) is 1.30. The molecule has 0 aliphatic carbocycles. The van der Waals surface area contributed by atoms with Crippen molar-refractivity contribution < 1.29 is 0 Å². The predicted molar refractivity (Wildman–Crippen MR) is 73.9 cm³/mol. The smallest absolute Gasteiger partial charge is 0.0482 e. The number of para-hydroxylation sites is 1. The lowest BCUT2D eigenvalue weighted by atomic mass is 10.1. The highest BCUT2D eigenvalue weighted by Gasteiger charge is 2.06. The van der Waals surface area contributed by atoms with Gasteiger partial charge >= 0.3 is 0 Å². The average Bonchev–Trinajstić information content (AvgIpc) is 2.67. The molecule has 0 atom stereocenters. The van der Waals surface area contributed by atoms with Crippen molar-refractivity contribution in [2.45, 2.75) is 39.8 Å². The largest absolute Gasteiger partial charge is 0.343 e. The number of benzene rings is 1. The lowest BCUT2D eigenvalue weighted by molar-refractivity contribution is 0.512. The fourth-order valence-electron chi connectivity index (χ4n) is 2.36. The monoisotopic (exact) mass is 230 g/mol. The van der Waals surface area contributed by atoms with Crippen molar-refractivity contribution in [3.05, 3.63) is 36.0 Å². The summed E-state index contributed by atoms with van der Waals surface area (Å²) < 4.78 is 2.37. The van der Waals surface area contributed by atoms with Crippen molar-refractivity contribution >= 4 is 10.9 Å². The fourth-order valence-corrected chi connectivity index (χ4v) is 2.36. The Morgan fingerprint density at radius 2 is 2.00 bits per heavy atom. The van der Waals surface area contributed by atoms with E-state index in [1.165, 1.54) is 29.4 Å². The van der Waals surface area contributed by atoms with Crippen LogP contribution in [0.1, 0.15) is 32.4 Å². The Morgan fingerprint density at radius 1 is 1.24 bits per heavy atom. The third-order valence-corrected chi connectivity index (χ3v) is 3.27. The molecule has 2 aromatic rings. The minimum Gasteiger partial charge on any atom is -0.343 e. The lowest BCUT2D eigenvalue weighted by Crippen LogP contribution is -2.07. The lowest BCUT2D eigenvalue weighted by Gasteiger charge is -2.10. The number of hydrogen-bond donors (Lipinski definition) is 1. The second-order valence-corrected chi connectivity index (χ2v) is 5.09. The van der Waals surface area contributed by atoms with E-state index in [0.717, 1.165) is 12.5 Å². The molecule has 0 radical (unpaired) electrons. The van der Waals surface area contributed by atoms with Gasteiger partial charge in [-0.1, -0.05) is 32.0 Å². The van der Waals surface area contributed by atoms with Crippen molar-refractivity contribution in [3.8, 4) is 0 Å². The van der Waals surface area contributed by atoms with E-state index in [1.54, 1.807) is 0 Å². The number of aromatic nitrogens is 1. The van der Waals surface area contributed by atoms with Crippen molar-refractivity contribution in [2.75, 3.05) is 0 Å². The molecule has 0 unspecified atom stereocenters. The highest BCUT2D eigenvalue weighted by atomic mass is 15.0. The normalized spacial score (nSPS) is 11.5. The Labute approximate surface area is 103 Å². The summed E-state index contributed by atoms with van der Waals surface area (Å²) in [7, 11) is 0. The van der Waals surface area contributed by atoms with Gasteiger partial charge in [-0.2, -0.15) is 0 Å². The number of aryl methyl sites for hydroxylation is 1. The van der Waals surface area contributed by atoms with Gasteiger partial charge in [-0.15, -0.1) is 0 Å². The summed E-state index contributed by atoms with van der Waals surface area (Å²) in [6.45, 7) is 6.25. The standard InChI is InChI=1S/C15H22N2/c1-12(2)6-5-9-17-14(11-16)10-13-7-3-4-8-15(13)17/h3-4,7-8,10,12H,5-6,9,11,16H2,1-2H3. The van der Waals surface area contributed by atoms with Crippen LogP contribution in [0.3, 0.4) is 0 Å². The SMILES string of the molecule is CC(C)CCCn1c(CN)cc2ccccc21. The van der Waals surface area contributed by atoms with Crippen LogP contribution in [0.2, 0.25) is 0 Å². The van der Waals surface area contributed by atoms with Gasteiger partial charge in [0.25, 0.3) is 0 Å². The fraction of sp³-hybridized carbons (Fsp3) is 0.467. The first kappa shape index (κ1) is 12.2. The van der Waals surface area contributed by atoms with E-state index in [2.05, 4.69) is 48.7 Å². The zero-order chi connectivity index (χ0) is 12.3. The molecule has 92 valence electrons. The average molecular weight is 230 g/mol. The third kappa shape index (κ3) is 2.70. The van der Waals surface area contributed by atoms with E-state index in [0.29, 0.717) is 6.54 Å². The molecule has 2 nitrogen and oxygen atoms in total. The molecule has 2 rings (SSSR count). The Kier molecular flexibility index (Phi) is 3.85. The van der Waals surface area contributed by atoms with Gasteiger partial charge in [0.2, 0.25) is 0 Å². The van der Waals surface area contributed by atoms with Gasteiger partial charge in [0.05, 0.1) is 0 Å². The predicted octanol–water partition coefficient (Wildman–Crippen LogP) is 3.54. The quantitative estimate of drug-likeness (QED) is 0.837. The van der Waals surface area contributed by atoms with Crippen molar-refractivity contribution in [2.24, 2.45) is 11.7 Å². The van der Waals surface area contributed by atoms with Crippen LogP contribution in [-0.4, -0.2) is 4.57 Å². The molecule has 0 aliphatic rings. The zero-order valence-corrected chi connectivity index (χ0v) is 10.8. The Hall–Kier alpha value is -1.28. The summed E-state index contributed by atoms with van der Waals surface area (Å²) in [5.41, 5.74) is 8.39. The van der Waals surface area contributed by atoms with Gasteiger partial charge in [0.15, 0.2) is 0 Å². The number of fused-ring (bicyclic) bond motifs is 1. The van der Waals surface area contributed by atoms with Crippen LogP contribution in [0, 0.1) is 5.92 Å². The molecule has 2 heteroatoms. The van der Waals surface area contributed by atoms with E-state index in [1.807, 2.05) is 0 Å². The summed E-state index contributed by atoms with van der Waals surface area (Å²) in [6, 6.07) is 10.7. The van der Waals surface area contributed by atoms with Crippen molar-refractivity contribution in [1.82, 2.24) is 4.57 Å². The van der Waals surface area contributed by atoms with Gasteiger partial charge in [-0.05, 0) is 36.3 Å². The molecule has 0 saturated heterocycles. The van der Waals surface area contributed by atoms with Crippen molar-refractivity contribution in [3.63, 3.8) is 0 Å². The topological polar surface area (TPSA) is 30.9 Å². The highest BCUT2D eigenvalue weighted by molar-refractivity contribution is 5.81. The number of hydrogen-bond acceptors (Lipinski definition) is 1. The van der Waals surface area contributed by atoms with Crippen molar-refractivity contribution in [1.29, 1.82) is 0 Å². The molecule has 0 aliphatic heterocycles. The Balaban J connectivity index is 2.24. The van der Waals surface area contributed by atoms with Crippen LogP contribution in [0.25, 0.3) is 10.9 Å². The first-order valence-corrected chi connectivity index (χ1v) is 6.49. The van der Waals surface area contributed by atoms with E-state index >= 15 is 0 Å². The maximum Gasteiger partial charge on any atom is 0.0482 e. The maximum atomic E-state index is 5.83. The summed E-state index contributed by atoms with van der Waals surface area (Å²) in [5.74, 6) is 0.776. The minimum atomic E-state index is 0.621. The van der Waals surface area contributed by atoms with Gasteiger partial charge in [-0.3, -0.25) is 0 Å². The van der Waals surface area contributed by atoms with E-state index in [4.69, 9.17) is 5.73 Å².